The Kier molecular flexibility index (Phi) is 34.2. The molecule has 0 aromatic rings. The van der Waals surface area contributed by atoms with Crippen molar-refractivity contribution in [1.82, 2.24) is 5.32 Å². The standard InChI is InChI=1S/C6H14N4O2.C6H13NO2.C5H10N2O3.C4H8N2O3.C2H5NO2/c7-4(5(11)12)2-1-3-10-6(8)9;1-4(2)3-5(7)6(8)9;6-3(5(9)10)1-2-4(7)8;5-2(4(8)9)1-3(6)7;3-1-2(4)5/h4H,1-3,7H2,(H,11,12)(H4,8,9,10);4-5H,3,7H2,1-2H3,(H,8,9);3H,1-2,6H2,(H2,7,8)(H,9,10);2H,1,5H2,(H2,6,7)(H,8,9);1,3H2,(H,4,5)/t4-;5-;3-;2-;/m0000./s1. The Labute approximate surface area is 259 Å². The van der Waals surface area contributed by atoms with Crippen LogP contribution in [0.15, 0.2) is 0 Å². The van der Waals surface area contributed by atoms with Crippen LogP contribution in [0.5, 0.6) is 0 Å². The number of carbonyl (C=O) groups is 7. The van der Waals surface area contributed by atoms with Gasteiger partial charge in [-0.15, -0.1) is 0 Å². The molecule has 22 nitrogen and oxygen atoms in total. The van der Waals surface area contributed by atoms with E-state index in [1.807, 2.05) is 13.8 Å². The highest BCUT2D eigenvalue weighted by atomic mass is 16.4. The molecule has 4 atom stereocenters. The lowest BCUT2D eigenvalue weighted by molar-refractivity contribution is -0.140. The second-order valence-electron chi connectivity index (χ2n) is 9.16. The lowest BCUT2D eigenvalue weighted by Crippen LogP contribution is -2.34. The van der Waals surface area contributed by atoms with Gasteiger partial charge in [0, 0.05) is 13.0 Å². The highest BCUT2D eigenvalue weighted by Gasteiger charge is 2.14. The summed E-state index contributed by atoms with van der Waals surface area (Å²) in [5.74, 6) is -6.20. The fourth-order valence-electron chi connectivity index (χ4n) is 2.00. The van der Waals surface area contributed by atoms with Gasteiger partial charge in [-0.1, -0.05) is 13.8 Å². The lowest BCUT2D eigenvalue weighted by atomic mass is 10.1. The molecule has 264 valence electrons. The second-order valence-corrected chi connectivity index (χ2v) is 9.16. The van der Waals surface area contributed by atoms with Gasteiger partial charge in [0.1, 0.15) is 24.2 Å². The molecule has 0 radical (unpaired) electrons. The number of carboxylic acids is 5. The van der Waals surface area contributed by atoms with Gasteiger partial charge in [0.15, 0.2) is 5.96 Å². The minimum absolute atomic E-state index is 0.0213. The van der Waals surface area contributed by atoms with Gasteiger partial charge < -0.3 is 76.7 Å². The number of amides is 2. The topological polar surface area (TPSA) is 465 Å². The summed E-state index contributed by atoms with van der Waals surface area (Å²) in [7, 11) is 0. The number of nitrogens with one attached hydrogen (secondary N) is 2. The van der Waals surface area contributed by atoms with E-state index in [0.29, 0.717) is 31.7 Å². The van der Waals surface area contributed by atoms with E-state index in [1.54, 1.807) is 0 Å². The summed E-state index contributed by atoms with van der Waals surface area (Å²) in [6.07, 6.45) is 1.34. The fraction of sp³-hybridized carbons (Fsp3) is 0.652. The third-order valence-electron chi connectivity index (χ3n) is 4.30. The molecule has 0 aromatic heterocycles. The van der Waals surface area contributed by atoms with Crippen molar-refractivity contribution in [3.8, 4) is 0 Å². The molecule has 0 spiro atoms. The van der Waals surface area contributed by atoms with Crippen molar-refractivity contribution in [2.24, 2.45) is 51.8 Å². The number of carbonyl (C=O) groups excluding carboxylic acids is 2. The summed E-state index contributed by atoms with van der Waals surface area (Å²) in [6.45, 7) is 4.10. The van der Waals surface area contributed by atoms with E-state index in [0.717, 1.165) is 0 Å². The summed E-state index contributed by atoms with van der Waals surface area (Å²) in [4.78, 5) is 69.6. The van der Waals surface area contributed by atoms with Crippen LogP contribution >= 0.6 is 0 Å². The third-order valence-corrected chi connectivity index (χ3v) is 4.30. The zero-order valence-electron chi connectivity index (χ0n) is 25.3. The van der Waals surface area contributed by atoms with E-state index in [9.17, 15) is 33.6 Å². The molecule has 22 heteroatoms. The molecular formula is C23H50N10O12. The quantitative estimate of drug-likeness (QED) is 0.0419. The van der Waals surface area contributed by atoms with E-state index in [2.05, 4.69) is 16.8 Å². The molecule has 0 saturated carbocycles. The van der Waals surface area contributed by atoms with Crippen LogP contribution in [-0.2, 0) is 33.6 Å². The van der Waals surface area contributed by atoms with Crippen molar-refractivity contribution in [3.05, 3.63) is 0 Å². The Bertz CT molecular complexity index is 921. The van der Waals surface area contributed by atoms with Crippen molar-refractivity contribution < 1.29 is 59.1 Å². The van der Waals surface area contributed by atoms with E-state index in [-0.39, 0.29) is 31.8 Å². The van der Waals surface area contributed by atoms with Crippen molar-refractivity contribution in [2.75, 3.05) is 13.1 Å². The van der Waals surface area contributed by atoms with Gasteiger partial charge >= 0.3 is 29.8 Å². The Hall–Kier alpha value is -4.64. The van der Waals surface area contributed by atoms with Crippen molar-refractivity contribution in [2.45, 2.75) is 76.5 Å². The molecule has 0 aliphatic carbocycles. The van der Waals surface area contributed by atoms with Crippen LogP contribution in [0.1, 0.15) is 52.4 Å². The van der Waals surface area contributed by atoms with Crippen LogP contribution in [0.25, 0.3) is 0 Å². The number of carboxylic acid groups (broad SMARTS) is 5. The van der Waals surface area contributed by atoms with Crippen LogP contribution in [0.2, 0.25) is 0 Å². The minimum atomic E-state index is -1.21. The average molecular weight is 659 g/mol. The number of hydrogen-bond acceptors (Lipinski definition) is 13. The number of rotatable bonds is 16. The number of guanidine groups is 1. The van der Waals surface area contributed by atoms with Crippen LogP contribution in [0.3, 0.4) is 0 Å². The normalized spacial score (nSPS) is 12.1. The fourth-order valence-corrected chi connectivity index (χ4v) is 2.00. The summed E-state index contributed by atoms with van der Waals surface area (Å²) < 4.78 is 0. The first-order valence-electron chi connectivity index (χ1n) is 12.9. The van der Waals surface area contributed by atoms with Crippen molar-refractivity contribution in [1.29, 1.82) is 5.41 Å². The molecule has 0 saturated heterocycles. The van der Waals surface area contributed by atoms with E-state index < -0.39 is 65.8 Å². The zero-order valence-corrected chi connectivity index (χ0v) is 25.3. The second kappa shape index (κ2) is 30.8. The summed E-state index contributed by atoms with van der Waals surface area (Å²) >= 11 is 0. The predicted molar refractivity (Wildman–Crippen MR) is 160 cm³/mol. The number of primary amides is 2. The van der Waals surface area contributed by atoms with Gasteiger partial charge in [-0.25, -0.2) is 0 Å². The third kappa shape index (κ3) is 49.4. The van der Waals surface area contributed by atoms with Crippen LogP contribution in [0, 0.1) is 11.3 Å². The summed E-state index contributed by atoms with van der Waals surface area (Å²) in [5, 5.41) is 49.9. The molecule has 23 N–H and O–H groups in total. The maximum Gasteiger partial charge on any atom is 0.321 e. The smallest absolute Gasteiger partial charge is 0.321 e. The molecule has 2 amide bonds. The average Bonchev–Trinajstić information content (AvgIpc) is 2.89. The summed E-state index contributed by atoms with van der Waals surface area (Å²) in [6, 6.07) is -3.65. The lowest BCUT2D eigenvalue weighted by Gasteiger charge is -2.07. The molecule has 0 rings (SSSR count). The van der Waals surface area contributed by atoms with Gasteiger partial charge in [0.2, 0.25) is 11.8 Å². The molecule has 0 aliphatic heterocycles. The Morgan fingerprint density at radius 1 is 0.667 bits per heavy atom. The van der Waals surface area contributed by atoms with Gasteiger partial charge in [-0.2, -0.15) is 0 Å². The monoisotopic (exact) mass is 658 g/mol. The zero-order chi connectivity index (χ0) is 36.9. The van der Waals surface area contributed by atoms with Crippen LogP contribution in [-0.4, -0.2) is 110 Å². The molecule has 0 aliphatic rings. The van der Waals surface area contributed by atoms with Crippen molar-refractivity contribution in [3.63, 3.8) is 0 Å². The van der Waals surface area contributed by atoms with E-state index >= 15 is 0 Å². The number of nitrogens with two attached hydrogens (primary N) is 8. The molecule has 0 unspecified atom stereocenters. The molecule has 45 heavy (non-hydrogen) atoms. The first-order chi connectivity index (χ1) is 20.4. The summed E-state index contributed by atoms with van der Waals surface area (Å²) in [5.41, 5.74) is 39.4. The van der Waals surface area contributed by atoms with Gasteiger partial charge in [0.05, 0.1) is 13.0 Å². The number of hydrogen-bond donors (Lipinski definition) is 15. The van der Waals surface area contributed by atoms with Crippen LogP contribution in [0.4, 0.5) is 0 Å². The highest BCUT2D eigenvalue weighted by molar-refractivity contribution is 5.83. The molecule has 0 fully saturated rings. The molecule has 0 bridgehead atoms. The van der Waals surface area contributed by atoms with Gasteiger partial charge in [0.25, 0.3) is 0 Å². The molecular weight excluding hydrogens is 608 g/mol. The number of aliphatic carboxylic acids is 5. The van der Waals surface area contributed by atoms with Crippen molar-refractivity contribution >= 4 is 47.6 Å². The minimum Gasteiger partial charge on any atom is -0.480 e. The maximum absolute atomic E-state index is 10.2. The molecule has 0 heterocycles. The van der Waals surface area contributed by atoms with Gasteiger partial charge in [-0.3, -0.25) is 39.0 Å². The van der Waals surface area contributed by atoms with E-state index in [1.165, 1.54) is 0 Å². The Morgan fingerprint density at radius 2 is 1.04 bits per heavy atom. The SMILES string of the molecule is CC(C)C[C@H](N)C(=O)O.N=C(N)NCCC[C@H](N)C(=O)O.NC(=O)CC[C@H](N)C(=O)O.NC(=O)C[C@H](N)C(=O)O.NCC(=O)O. The van der Waals surface area contributed by atoms with Gasteiger partial charge in [-0.05, 0) is 31.6 Å². The maximum atomic E-state index is 10.2. The Morgan fingerprint density at radius 3 is 1.27 bits per heavy atom. The highest BCUT2D eigenvalue weighted by Crippen LogP contribution is 2.01. The first-order valence-corrected chi connectivity index (χ1v) is 12.9. The first kappa shape index (κ1) is 50.0. The predicted octanol–water partition coefficient (Wildman–Crippen LogP) is -4.93. The Balaban J connectivity index is -0.000000151. The van der Waals surface area contributed by atoms with E-state index in [4.69, 9.17) is 65.3 Å². The largest absolute Gasteiger partial charge is 0.480 e. The molecule has 0 aromatic carbocycles. The van der Waals surface area contributed by atoms with Crippen LogP contribution < -0.4 is 51.2 Å².